The van der Waals surface area contributed by atoms with Crippen molar-refractivity contribution in [3.05, 3.63) is 60.0 Å². The smallest absolute Gasteiger partial charge is 0.353 e. The normalized spacial score (nSPS) is 14.9. The van der Waals surface area contributed by atoms with Gasteiger partial charge in [0.05, 0.1) is 11.3 Å². The topological polar surface area (TPSA) is 80.0 Å². The molecule has 0 bridgehead atoms. The largest absolute Gasteiger partial charge is 0.417 e. The molecule has 1 aliphatic rings. The van der Waals surface area contributed by atoms with Crippen LogP contribution in [0, 0.1) is 0 Å². The summed E-state index contributed by atoms with van der Waals surface area (Å²) in [5.41, 5.74) is 0.507. The fraction of sp³-hybridized carbons (Fsp3) is 0.278. The number of benzene rings is 1. The number of carbonyl (C=O) groups is 1. The highest BCUT2D eigenvalue weighted by Crippen LogP contribution is 2.29. The van der Waals surface area contributed by atoms with Crippen LogP contribution in [-0.4, -0.2) is 62.2 Å². The molecular formula is C18H16F3N7O. The Morgan fingerprint density at radius 1 is 0.966 bits per heavy atom. The summed E-state index contributed by atoms with van der Waals surface area (Å²) in [6.45, 7) is 1.90. The average molecular weight is 403 g/mol. The van der Waals surface area contributed by atoms with Gasteiger partial charge in [-0.1, -0.05) is 0 Å². The molecule has 8 nitrogen and oxygen atoms in total. The van der Waals surface area contributed by atoms with Crippen molar-refractivity contribution >= 4 is 11.7 Å². The zero-order chi connectivity index (χ0) is 20.4. The minimum atomic E-state index is -4.41. The number of hydrogen-bond acceptors (Lipinski definition) is 6. The van der Waals surface area contributed by atoms with Crippen LogP contribution in [0.5, 0.6) is 0 Å². The molecule has 4 rings (SSSR count). The summed E-state index contributed by atoms with van der Waals surface area (Å²) >= 11 is 0. The zero-order valence-corrected chi connectivity index (χ0v) is 15.1. The molecule has 1 saturated heterocycles. The molecule has 29 heavy (non-hydrogen) atoms. The van der Waals surface area contributed by atoms with Crippen molar-refractivity contribution in [1.29, 1.82) is 0 Å². The Balaban J connectivity index is 1.37. The SMILES string of the molecule is O=C(c1ccc(-n2cnnn2)cc1)N1CCN(c2ccc(C(F)(F)F)cn2)CC1. The van der Waals surface area contributed by atoms with Gasteiger partial charge >= 0.3 is 6.18 Å². The first-order chi connectivity index (χ1) is 13.9. The number of aromatic nitrogens is 5. The number of tetrazole rings is 1. The van der Waals surface area contributed by atoms with Gasteiger partial charge in [0.2, 0.25) is 0 Å². The number of alkyl halides is 3. The van der Waals surface area contributed by atoms with Gasteiger partial charge < -0.3 is 9.80 Å². The Morgan fingerprint density at radius 3 is 2.24 bits per heavy atom. The van der Waals surface area contributed by atoms with Crippen LogP contribution in [0.25, 0.3) is 5.69 Å². The maximum absolute atomic E-state index is 12.7. The Labute approximate surface area is 163 Å². The van der Waals surface area contributed by atoms with E-state index in [0.717, 1.165) is 18.0 Å². The number of carbonyl (C=O) groups excluding carboxylic acids is 1. The molecule has 3 aromatic rings. The number of nitrogens with zero attached hydrogens (tertiary/aromatic N) is 7. The van der Waals surface area contributed by atoms with E-state index in [9.17, 15) is 18.0 Å². The van der Waals surface area contributed by atoms with E-state index in [-0.39, 0.29) is 5.91 Å². The maximum Gasteiger partial charge on any atom is 0.417 e. The van der Waals surface area contributed by atoms with Gasteiger partial charge in [0.15, 0.2) is 0 Å². The second kappa shape index (κ2) is 7.49. The van der Waals surface area contributed by atoms with Crippen LogP contribution in [0.2, 0.25) is 0 Å². The summed E-state index contributed by atoms with van der Waals surface area (Å²) in [7, 11) is 0. The van der Waals surface area contributed by atoms with Crippen LogP contribution in [0.4, 0.5) is 19.0 Å². The molecule has 2 aromatic heterocycles. The molecular weight excluding hydrogens is 387 g/mol. The van der Waals surface area contributed by atoms with Crippen molar-refractivity contribution < 1.29 is 18.0 Å². The summed E-state index contributed by atoms with van der Waals surface area (Å²) in [5, 5.41) is 10.9. The summed E-state index contributed by atoms with van der Waals surface area (Å²) < 4.78 is 39.5. The van der Waals surface area contributed by atoms with Crippen LogP contribution < -0.4 is 4.90 Å². The van der Waals surface area contributed by atoms with Crippen molar-refractivity contribution in [1.82, 2.24) is 30.1 Å². The Hall–Kier alpha value is -3.50. The van der Waals surface area contributed by atoms with Crippen molar-refractivity contribution in [2.45, 2.75) is 6.18 Å². The van der Waals surface area contributed by atoms with Gasteiger partial charge in [-0.25, -0.2) is 9.67 Å². The molecule has 0 spiro atoms. The van der Waals surface area contributed by atoms with Gasteiger partial charge in [-0.3, -0.25) is 4.79 Å². The van der Waals surface area contributed by atoms with Crippen LogP contribution in [0.3, 0.4) is 0 Å². The third-order valence-electron chi connectivity index (χ3n) is 4.69. The molecule has 0 atom stereocenters. The predicted octanol–water partition coefficient (Wildman–Crippen LogP) is 2.04. The lowest BCUT2D eigenvalue weighted by atomic mass is 10.1. The molecule has 3 heterocycles. The quantitative estimate of drug-likeness (QED) is 0.666. The van der Waals surface area contributed by atoms with E-state index in [1.807, 2.05) is 4.90 Å². The number of amides is 1. The average Bonchev–Trinajstić information content (AvgIpc) is 3.28. The molecule has 0 unspecified atom stereocenters. The van der Waals surface area contributed by atoms with Crippen molar-refractivity contribution in [2.75, 3.05) is 31.1 Å². The van der Waals surface area contributed by atoms with E-state index in [1.54, 1.807) is 29.2 Å². The van der Waals surface area contributed by atoms with Crippen LogP contribution in [0.15, 0.2) is 48.9 Å². The van der Waals surface area contributed by atoms with Crippen molar-refractivity contribution in [3.63, 3.8) is 0 Å². The minimum absolute atomic E-state index is 0.103. The number of halogens is 3. The second-order valence-electron chi connectivity index (χ2n) is 6.48. The number of piperazine rings is 1. The summed E-state index contributed by atoms with van der Waals surface area (Å²) in [4.78, 5) is 20.2. The highest BCUT2D eigenvalue weighted by Gasteiger charge is 2.31. The third-order valence-corrected chi connectivity index (χ3v) is 4.69. The van der Waals surface area contributed by atoms with E-state index in [0.29, 0.717) is 37.6 Å². The highest BCUT2D eigenvalue weighted by molar-refractivity contribution is 5.94. The van der Waals surface area contributed by atoms with Gasteiger partial charge in [-0.15, -0.1) is 5.10 Å². The first kappa shape index (κ1) is 18.8. The summed E-state index contributed by atoms with van der Waals surface area (Å²) in [6, 6.07) is 9.31. The molecule has 1 amide bonds. The Bertz CT molecular complexity index is 964. The van der Waals surface area contributed by atoms with E-state index < -0.39 is 11.7 Å². The molecule has 11 heteroatoms. The zero-order valence-electron chi connectivity index (χ0n) is 15.1. The van der Waals surface area contributed by atoms with Crippen molar-refractivity contribution in [3.8, 4) is 5.69 Å². The van der Waals surface area contributed by atoms with Gasteiger partial charge in [-0.2, -0.15) is 13.2 Å². The Kier molecular flexibility index (Phi) is 4.87. The minimum Gasteiger partial charge on any atom is -0.353 e. The third kappa shape index (κ3) is 4.03. The van der Waals surface area contributed by atoms with Crippen LogP contribution in [0.1, 0.15) is 15.9 Å². The fourth-order valence-electron chi connectivity index (χ4n) is 3.10. The number of anilines is 1. The van der Waals surface area contributed by atoms with Crippen LogP contribution in [-0.2, 0) is 6.18 Å². The first-order valence-corrected chi connectivity index (χ1v) is 8.83. The van der Waals surface area contributed by atoms with E-state index in [1.165, 1.54) is 17.1 Å². The lowest BCUT2D eigenvalue weighted by Crippen LogP contribution is -2.49. The maximum atomic E-state index is 12.7. The lowest BCUT2D eigenvalue weighted by molar-refractivity contribution is -0.137. The molecule has 1 fully saturated rings. The standard InChI is InChI=1S/C18H16F3N7O/c19-18(20,21)14-3-6-16(22-11-14)26-7-9-27(10-8-26)17(29)13-1-4-15(5-2-13)28-12-23-24-25-28/h1-6,11-12H,7-10H2. The fourth-order valence-corrected chi connectivity index (χ4v) is 3.10. The van der Waals surface area contributed by atoms with E-state index >= 15 is 0 Å². The van der Waals surface area contributed by atoms with Crippen LogP contribution >= 0.6 is 0 Å². The van der Waals surface area contributed by atoms with Gasteiger partial charge in [0.25, 0.3) is 5.91 Å². The van der Waals surface area contributed by atoms with E-state index in [4.69, 9.17) is 0 Å². The molecule has 0 saturated carbocycles. The molecule has 150 valence electrons. The van der Waals surface area contributed by atoms with Gasteiger partial charge in [0.1, 0.15) is 12.1 Å². The number of hydrogen-bond donors (Lipinski definition) is 0. The van der Waals surface area contributed by atoms with Gasteiger partial charge in [-0.05, 0) is 46.8 Å². The molecule has 0 N–H and O–H groups in total. The van der Waals surface area contributed by atoms with Gasteiger partial charge in [0, 0.05) is 37.9 Å². The second-order valence-corrected chi connectivity index (χ2v) is 6.48. The monoisotopic (exact) mass is 403 g/mol. The molecule has 0 radical (unpaired) electrons. The van der Waals surface area contributed by atoms with E-state index in [2.05, 4.69) is 20.5 Å². The van der Waals surface area contributed by atoms with Crippen molar-refractivity contribution in [2.24, 2.45) is 0 Å². The number of rotatable bonds is 3. The summed E-state index contributed by atoms with van der Waals surface area (Å²) in [6.07, 6.45) is -2.11. The molecule has 1 aliphatic heterocycles. The predicted molar refractivity (Wildman–Crippen MR) is 96.5 cm³/mol. The first-order valence-electron chi connectivity index (χ1n) is 8.83. The lowest BCUT2D eigenvalue weighted by Gasteiger charge is -2.35. The highest BCUT2D eigenvalue weighted by atomic mass is 19.4. The molecule has 0 aliphatic carbocycles. The summed E-state index contributed by atoms with van der Waals surface area (Å²) in [5.74, 6) is 0.365. The number of pyridine rings is 1. The Morgan fingerprint density at radius 2 is 1.69 bits per heavy atom. The molecule has 1 aromatic carbocycles.